The number of ether oxygens (including phenoxy) is 2. The zero-order chi connectivity index (χ0) is 19.0. The van der Waals surface area contributed by atoms with Crippen molar-refractivity contribution in [1.82, 2.24) is 9.66 Å². The highest BCUT2D eigenvalue weighted by Gasteiger charge is 2.21. The third kappa shape index (κ3) is 3.12. The van der Waals surface area contributed by atoms with E-state index in [-0.39, 0.29) is 5.56 Å². The van der Waals surface area contributed by atoms with Crippen LogP contribution in [0, 0.1) is 6.92 Å². The predicted molar refractivity (Wildman–Crippen MR) is 108 cm³/mol. The lowest BCUT2D eigenvalue weighted by atomic mass is 9.97. The highest BCUT2D eigenvalue weighted by Crippen LogP contribution is 2.33. The van der Waals surface area contributed by atoms with E-state index in [0.717, 1.165) is 35.0 Å². The van der Waals surface area contributed by atoms with Crippen molar-refractivity contribution in [3.8, 4) is 11.5 Å². The van der Waals surface area contributed by atoms with Crippen LogP contribution in [0.2, 0.25) is 0 Å². The summed E-state index contributed by atoms with van der Waals surface area (Å²) in [5.41, 5.74) is 1.84. The lowest BCUT2D eigenvalue weighted by Crippen LogP contribution is -2.21. The molecule has 0 N–H and O–H groups in total. The molecule has 0 aliphatic heterocycles. The summed E-state index contributed by atoms with van der Waals surface area (Å²) in [7, 11) is 3.20. The smallest absolute Gasteiger partial charge is 0.283 e. The Morgan fingerprint density at radius 2 is 2.04 bits per heavy atom. The Morgan fingerprint density at radius 3 is 2.81 bits per heavy atom. The van der Waals surface area contributed by atoms with E-state index in [0.29, 0.717) is 17.3 Å². The summed E-state index contributed by atoms with van der Waals surface area (Å²) >= 11 is 1.65. The quantitative estimate of drug-likeness (QED) is 0.647. The highest BCUT2D eigenvalue weighted by molar-refractivity contribution is 7.18. The van der Waals surface area contributed by atoms with Crippen molar-refractivity contribution in [1.29, 1.82) is 0 Å². The number of aromatic nitrogens is 2. The summed E-state index contributed by atoms with van der Waals surface area (Å²) in [6.45, 7) is 1.81. The lowest BCUT2D eigenvalue weighted by molar-refractivity contribution is 0.394. The molecule has 0 unspecified atom stereocenters. The van der Waals surface area contributed by atoms with E-state index in [1.54, 1.807) is 37.8 Å². The second-order valence-electron chi connectivity index (χ2n) is 6.52. The van der Waals surface area contributed by atoms with Crippen molar-refractivity contribution >= 4 is 27.8 Å². The van der Waals surface area contributed by atoms with Gasteiger partial charge in [0.1, 0.15) is 22.2 Å². The standard InChI is InChI=1S/C20H21N3O3S/c1-12-22-19-18(15-6-4-5-7-17(15)27-19)20(24)23(12)21-11-13-8-9-14(25-2)10-16(13)26-3/h8-11H,4-7H2,1-3H3. The van der Waals surface area contributed by atoms with E-state index in [4.69, 9.17) is 9.47 Å². The fraction of sp³-hybridized carbons (Fsp3) is 0.350. The first kappa shape index (κ1) is 17.7. The molecule has 0 bridgehead atoms. The van der Waals surface area contributed by atoms with Crippen LogP contribution in [0.1, 0.15) is 34.7 Å². The monoisotopic (exact) mass is 383 g/mol. The normalized spacial score (nSPS) is 13.9. The second kappa shape index (κ2) is 7.15. The number of methoxy groups -OCH3 is 2. The van der Waals surface area contributed by atoms with Gasteiger partial charge >= 0.3 is 0 Å². The molecule has 4 rings (SSSR count). The van der Waals surface area contributed by atoms with E-state index in [2.05, 4.69) is 10.1 Å². The first-order valence-corrected chi connectivity index (χ1v) is 9.74. The number of aryl methyl sites for hydroxylation is 3. The molecule has 0 amide bonds. The van der Waals surface area contributed by atoms with Crippen LogP contribution in [0.3, 0.4) is 0 Å². The lowest BCUT2D eigenvalue weighted by Gasteiger charge is -2.10. The molecular weight excluding hydrogens is 362 g/mol. The van der Waals surface area contributed by atoms with E-state index in [1.807, 2.05) is 19.1 Å². The van der Waals surface area contributed by atoms with Crippen LogP contribution < -0.4 is 15.0 Å². The van der Waals surface area contributed by atoms with Crippen molar-refractivity contribution in [2.75, 3.05) is 14.2 Å². The number of nitrogens with zero attached hydrogens (tertiary/aromatic N) is 3. The number of fused-ring (bicyclic) bond motifs is 3. The molecule has 1 aliphatic rings. The van der Waals surface area contributed by atoms with Crippen molar-refractivity contribution < 1.29 is 9.47 Å². The van der Waals surface area contributed by atoms with Crippen LogP contribution in [0.5, 0.6) is 11.5 Å². The van der Waals surface area contributed by atoms with Crippen molar-refractivity contribution in [2.45, 2.75) is 32.6 Å². The van der Waals surface area contributed by atoms with Gasteiger partial charge in [0.2, 0.25) is 0 Å². The summed E-state index contributed by atoms with van der Waals surface area (Å²) in [5, 5.41) is 5.15. The molecule has 0 saturated carbocycles. The zero-order valence-corrected chi connectivity index (χ0v) is 16.4. The first-order chi connectivity index (χ1) is 13.1. The molecule has 0 atom stereocenters. The minimum atomic E-state index is -0.0966. The Labute approximate surface area is 161 Å². The average molecular weight is 383 g/mol. The maximum Gasteiger partial charge on any atom is 0.283 e. The van der Waals surface area contributed by atoms with Crippen molar-refractivity contribution in [3.05, 3.63) is 50.4 Å². The summed E-state index contributed by atoms with van der Waals surface area (Å²) in [5.74, 6) is 1.91. The molecular formula is C20H21N3O3S. The Kier molecular flexibility index (Phi) is 4.70. The van der Waals surface area contributed by atoms with Gasteiger partial charge in [0, 0.05) is 16.5 Å². The summed E-state index contributed by atoms with van der Waals surface area (Å²) in [6, 6.07) is 5.46. The van der Waals surface area contributed by atoms with Crippen molar-refractivity contribution in [2.24, 2.45) is 5.10 Å². The maximum absolute atomic E-state index is 13.1. The van der Waals surface area contributed by atoms with Crippen LogP contribution in [-0.4, -0.2) is 30.1 Å². The molecule has 2 aromatic heterocycles. The summed E-state index contributed by atoms with van der Waals surface area (Å²) in [4.78, 5) is 19.9. The molecule has 3 aromatic rings. The molecule has 0 radical (unpaired) electrons. The molecule has 1 aromatic carbocycles. The summed E-state index contributed by atoms with van der Waals surface area (Å²) < 4.78 is 12.0. The molecule has 140 valence electrons. The molecule has 1 aliphatic carbocycles. The zero-order valence-electron chi connectivity index (χ0n) is 15.6. The van der Waals surface area contributed by atoms with Gasteiger partial charge in [0.25, 0.3) is 5.56 Å². The third-order valence-corrected chi connectivity index (χ3v) is 6.07. The van der Waals surface area contributed by atoms with Crippen molar-refractivity contribution in [3.63, 3.8) is 0 Å². The van der Waals surface area contributed by atoms with Gasteiger partial charge in [0.05, 0.1) is 25.8 Å². The van der Waals surface area contributed by atoms with Gasteiger partial charge in [-0.1, -0.05) is 0 Å². The maximum atomic E-state index is 13.1. The highest BCUT2D eigenvalue weighted by atomic mass is 32.1. The van der Waals surface area contributed by atoms with Gasteiger partial charge in [-0.3, -0.25) is 4.79 Å². The van der Waals surface area contributed by atoms with Crippen LogP contribution in [-0.2, 0) is 12.8 Å². The largest absolute Gasteiger partial charge is 0.497 e. The Balaban J connectivity index is 1.80. The Hall–Kier alpha value is -2.67. The van der Waals surface area contributed by atoms with Gasteiger partial charge in [-0.05, 0) is 50.3 Å². The number of benzene rings is 1. The molecule has 0 fully saturated rings. The molecule has 27 heavy (non-hydrogen) atoms. The van der Waals surface area contributed by atoms with Gasteiger partial charge in [-0.15, -0.1) is 11.3 Å². The number of hydrogen-bond donors (Lipinski definition) is 0. The van der Waals surface area contributed by atoms with E-state index in [1.165, 1.54) is 21.5 Å². The molecule has 0 saturated heterocycles. The van der Waals surface area contributed by atoms with E-state index in [9.17, 15) is 4.79 Å². The number of hydrogen-bond acceptors (Lipinski definition) is 6. The van der Waals surface area contributed by atoms with E-state index < -0.39 is 0 Å². The van der Waals surface area contributed by atoms with Crippen LogP contribution >= 0.6 is 11.3 Å². The molecule has 7 heteroatoms. The van der Waals surface area contributed by atoms with Gasteiger partial charge in [-0.25, -0.2) is 4.98 Å². The average Bonchev–Trinajstić information content (AvgIpc) is 3.05. The van der Waals surface area contributed by atoms with E-state index >= 15 is 0 Å². The summed E-state index contributed by atoms with van der Waals surface area (Å²) in [6.07, 6.45) is 5.92. The SMILES string of the molecule is COc1ccc(C=Nn2c(C)nc3sc4c(c3c2=O)CCCC4)c(OC)c1. The number of rotatable bonds is 4. The Bertz CT molecular complexity index is 1100. The molecule has 0 spiro atoms. The second-order valence-corrected chi connectivity index (χ2v) is 7.60. The van der Waals surface area contributed by atoms with Crippen LogP contribution in [0.4, 0.5) is 0 Å². The predicted octanol–water partition coefficient (Wildman–Crippen LogP) is 3.54. The van der Waals surface area contributed by atoms with Crippen LogP contribution in [0.15, 0.2) is 28.1 Å². The first-order valence-electron chi connectivity index (χ1n) is 8.92. The van der Waals surface area contributed by atoms with Gasteiger partial charge in [0.15, 0.2) is 0 Å². The molecule has 2 heterocycles. The number of thiophene rings is 1. The minimum absolute atomic E-state index is 0.0966. The fourth-order valence-electron chi connectivity index (χ4n) is 3.48. The third-order valence-electron chi connectivity index (χ3n) is 4.88. The molecule has 6 nitrogen and oxygen atoms in total. The topological polar surface area (TPSA) is 65.7 Å². The Morgan fingerprint density at radius 1 is 1.22 bits per heavy atom. The van der Waals surface area contributed by atoms with Crippen LogP contribution in [0.25, 0.3) is 10.2 Å². The minimum Gasteiger partial charge on any atom is -0.497 e. The van der Waals surface area contributed by atoms with Gasteiger partial charge < -0.3 is 9.47 Å². The fourth-order valence-corrected chi connectivity index (χ4v) is 4.78. The van der Waals surface area contributed by atoms with Gasteiger partial charge in [-0.2, -0.15) is 9.78 Å².